The first kappa shape index (κ1) is 24.6. The quantitative estimate of drug-likeness (QED) is 0.482. The number of rotatable bonds is 8. The molecule has 2 aromatic rings. The number of amides is 1. The average Bonchev–Trinajstić information content (AvgIpc) is 3.06. The first-order chi connectivity index (χ1) is 16.2. The van der Waals surface area contributed by atoms with Crippen molar-refractivity contribution in [1.29, 1.82) is 0 Å². The summed E-state index contributed by atoms with van der Waals surface area (Å²) in [6.45, 7) is 4.88. The van der Waals surface area contributed by atoms with Gasteiger partial charge in [-0.3, -0.25) is 9.59 Å². The van der Waals surface area contributed by atoms with Crippen molar-refractivity contribution in [2.24, 2.45) is 11.7 Å². The van der Waals surface area contributed by atoms with Crippen molar-refractivity contribution in [3.63, 3.8) is 0 Å². The number of piperidine rings is 1. The molecule has 3 atom stereocenters. The number of aliphatic hydroxyl groups excluding tert-OH is 1. The Morgan fingerprint density at radius 1 is 1.12 bits per heavy atom. The Morgan fingerprint density at radius 3 is 2.44 bits per heavy atom. The largest absolute Gasteiger partial charge is 0.388 e. The van der Waals surface area contributed by atoms with Crippen LogP contribution in [0.2, 0.25) is 0 Å². The zero-order chi connectivity index (χ0) is 24.3. The van der Waals surface area contributed by atoms with Crippen LogP contribution in [0, 0.1) is 5.92 Å². The van der Waals surface area contributed by atoms with Gasteiger partial charge in [0.1, 0.15) is 0 Å². The Kier molecular flexibility index (Phi) is 7.22. The summed E-state index contributed by atoms with van der Waals surface area (Å²) < 4.78 is 0. The van der Waals surface area contributed by atoms with Crippen LogP contribution in [-0.4, -0.2) is 41.5 Å². The number of carbonyl (C=O) groups is 2. The molecule has 0 radical (unpaired) electrons. The van der Waals surface area contributed by atoms with Crippen molar-refractivity contribution in [3.8, 4) is 0 Å². The van der Waals surface area contributed by atoms with Gasteiger partial charge >= 0.3 is 0 Å². The molecule has 0 aromatic heterocycles. The van der Waals surface area contributed by atoms with Gasteiger partial charge in [0.25, 0.3) is 0 Å². The number of fused-ring (bicyclic) bond motifs is 2. The molecule has 182 valence electrons. The maximum atomic E-state index is 14.2. The molecule has 1 aliphatic carbocycles. The summed E-state index contributed by atoms with van der Waals surface area (Å²) in [5.74, 6) is -1.03. The van der Waals surface area contributed by atoms with E-state index in [0.29, 0.717) is 6.42 Å². The van der Waals surface area contributed by atoms with Crippen LogP contribution in [0.15, 0.2) is 54.6 Å². The van der Waals surface area contributed by atoms with Gasteiger partial charge in [-0.1, -0.05) is 54.6 Å². The number of aliphatic hydroxyl groups is 1. The second kappa shape index (κ2) is 9.98. The monoisotopic (exact) mass is 463 g/mol. The third kappa shape index (κ3) is 4.81. The average molecular weight is 464 g/mol. The molecule has 2 aliphatic rings. The van der Waals surface area contributed by atoms with Crippen molar-refractivity contribution in [2.45, 2.75) is 69.1 Å². The molecule has 1 amide bonds. The van der Waals surface area contributed by atoms with E-state index in [0.717, 1.165) is 49.9 Å². The predicted octanol–water partition coefficient (Wildman–Crippen LogP) is 2.79. The third-order valence-electron chi connectivity index (χ3n) is 7.56. The van der Waals surface area contributed by atoms with Crippen LogP contribution in [0.1, 0.15) is 62.3 Å². The molecule has 6 nitrogen and oxygen atoms in total. The number of ketones is 1. The summed E-state index contributed by atoms with van der Waals surface area (Å²) in [6.07, 6.45) is 2.75. The molecule has 1 heterocycles. The molecule has 0 bridgehead atoms. The predicted molar refractivity (Wildman–Crippen MR) is 133 cm³/mol. The Morgan fingerprint density at radius 2 is 1.76 bits per heavy atom. The third-order valence-corrected chi connectivity index (χ3v) is 7.56. The lowest BCUT2D eigenvalue weighted by Gasteiger charge is -2.41. The molecule has 2 aromatic carbocycles. The first-order valence-electron chi connectivity index (χ1n) is 12.4. The maximum Gasteiger partial charge on any atom is 0.240 e. The number of nitrogens with one attached hydrogen (secondary N) is 2. The summed E-state index contributed by atoms with van der Waals surface area (Å²) in [5.41, 5.74) is 7.66. The first-order valence-corrected chi connectivity index (χ1v) is 12.4. The van der Waals surface area contributed by atoms with Crippen molar-refractivity contribution < 1.29 is 14.7 Å². The summed E-state index contributed by atoms with van der Waals surface area (Å²) >= 11 is 0. The molecule has 2 unspecified atom stereocenters. The second-order valence-electron chi connectivity index (χ2n) is 10.4. The van der Waals surface area contributed by atoms with Crippen LogP contribution in [0.4, 0.5) is 0 Å². The minimum atomic E-state index is -1.10. The number of aryl methyl sites for hydroxylation is 1. The van der Waals surface area contributed by atoms with Gasteiger partial charge in [0.15, 0.2) is 5.78 Å². The topological polar surface area (TPSA) is 104 Å². The van der Waals surface area contributed by atoms with Crippen LogP contribution in [0.3, 0.4) is 0 Å². The fourth-order valence-corrected chi connectivity index (χ4v) is 5.74. The molecule has 0 saturated carbocycles. The van der Waals surface area contributed by atoms with E-state index in [1.165, 1.54) is 5.56 Å². The minimum absolute atomic E-state index is 0.0868. The number of Topliss-reactive ketones (excluding diaryl/α,β-unsaturated/α-hetero) is 1. The van der Waals surface area contributed by atoms with E-state index in [2.05, 4.69) is 28.8 Å². The molecule has 6 heteroatoms. The lowest BCUT2D eigenvalue weighted by Crippen LogP contribution is -2.57. The van der Waals surface area contributed by atoms with E-state index in [1.807, 2.05) is 36.4 Å². The highest BCUT2D eigenvalue weighted by Gasteiger charge is 2.56. The van der Waals surface area contributed by atoms with Crippen LogP contribution in [0.5, 0.6) is 0 Å². The smallest absolute Gasteiger partial charge is 0.240 e. The lowest BCUT2D eigenvalue weighted by molar-refractivity contribution is -0.136. The highest BCUT2D eigenvalue weighted by molar-refractivity contribution is 5.95. The summed E-state index contributed by atoms with van der Waals surface area (Å²) in [4.78, 5) is 27.0. The van der Waals surface area contributed by atoms with Gasteiger partial charge in [-0.2, -0.15) is 0 Å². The molecule has 34 heavy (non-hydrogen) atoms. The minimum Gasteiger partial charge on any atom is -0.388 e. The van der Waals surface area contributed by atoms with Crippen LogP contribution in [0.25, 0.3) is 0 Å². The van der Waals surface area contributed by atoms with Gasteiger partial charge < -0.3 is 21.5 Å². The van der Waals surface area contributed by atoms with E-state index >= 15 is 0 Å². The van der Waals surface area contributed by atoms with E-state index in [4.69, 9.17) is 5.73 Å². The number of nitrogens with two attached hydrogens (primary N) is 1. The molecule has 1 spiro atoms. The van der Waals surface area contributed by atoms with Crippen LogP contribution >= 0.6 is 0 Å². The normalized spacial score (nSPS) is 22.2. The van der Waals surface area contributed by atoms with Crippen molar-refractivity contribution >= 4 is 11.7 Å². The van der Waals surface area contributed by atoms with Crippen molar-refractivity contribution in [2.75, 3.05) is 13.1 Å². The number of hydrogen-bond donors (Lipinski definition) is 4. The number of hydrogen-bond acceptors (Lipinski definition) is 5. The van der Waals surface area contributed by atoms with Gasteiger partial charge in [-0.05, 0) is 75.7 Å². The zero-order valence-corrected chi connectivity index (χ0v) is 20.2. The number of carbonyl (C=O) groups excluding carboxylic acids is 2. The zero-order valence-electron chi connectivity index (χ0n) is 20.2. The Labute approximate surface area is 202 Å². The van der Waals surface area contributed by atoms with Crippen molar-refractivity contribution in [3.05, 3.63) is 71.3 Å². The van der Waals surface area contributed by atoms with Gasteiger partial charge in [-0.15, -0.1) is 0 Å². The van der Waals surface area contributed by atoms with Crippen LogP contribution < -0.4 is 16.4 Å². The molecule has 1 aliphatic heterocycles. The van der Waals surface area contributed by atoms with Gasteiger partial charge in [0, 0.05) is 5.41 Å². The standard InChI is InChI=1S/C28H37N3O3/c1-27(2,29)26(34)31-22(14-8-11-19-9-4-3-5-10-19)25(33)23-24(32)20-12-6-7-13-21(20)28(23)15-17-30-18-16-28/h3-7,9-10,12-13,22-24,30,32H,8,11,14-18,29H2,1-2H3,(H,31,34)/t22-,23?,24?/m1/s1. The SMILES string of the molecule is CC(C)(N)C(=O)N[C@H](CCCc1ccccc1)C(=O)C1C(O)c2ccccc2C12CCNCC2. The highest BCUT2D eigenvalue weighted by Crippen LogP contribution is 2.54. The molecular weight excluding hydrogens is 426 g/mol. The summed E-state index contributed by atoms with van der Waals surface area (Å²) in [6, 6.07) is 17.3. The van der Waals surface area contributed by atoms with E-state index in [1.54, 1.807) is 13.8 Å². The van der Waals surface area contributed by atoms with Crippen LogP contribution in [-0.2, 0) is 21.4 Å². The van der Waals surface area contributed by atoms with Crippen molar-refractivity contribution in [1.82, 2.24) is 10.6 Å². The fraction of sp³-hybridized carbons (Fsp3) is 0.500. The molecular formula is C28H37N3O3. The van der Waals surface area contributed by atoms with Gasteiger partial charge in [-0.25, -0.2) is 0 Å². The summed E-state index contributed by atoms with van der Waals surface area (Å²) in [5, 5.41) is 17.7. The van der Waals surface area contributed by atoms with Gasteiger partial charge in [0.2, 0.25) is 5.91 Å². The Bertz CT molecular complexity index is 1010. The molecule has 5 N–H and O–H groups in total. The van der Waals surface area contributed by atoms with E-state index in [-0.39, 0.29) is 11.7 Å². The lowest BCUT2D eigenvalue weighted by atomic mass is 9.65. The van der Waals surface area contributed by atoms with E-state index in [9.17, 15) is 14.7 Å². The maximum absolute atomic E-state index is 14.2. The Balaban J connectivity index is 1.61. The second-order valence-corrected chi connectivity index (χ2v) is 10.4. The number of benzene rings is 2. The summed E-state index contributed by atoms with van der Waals surface area (Å²) in [7, 11) is 0. The fourth-order valence-electron chi connectivity index (χ4n) is 5.74. The molecule has 1 saturated heterocycles. The molecule has 4 rings (SSSR count). The van der Waals surface area contributed by atoms with Gasteiger partial charge in [0.05, 0.1) is 23.6 Å². The Hall–Kier alpha value is -2.54. The van der Waals surface area contributed by atoms with E-state index < -0.39 is 29.0 Å². The molecule has 1 fully saturated rings. The highest BCUT2D eigenvalue weighted by atomic mass is 16.3.